The molecule has 0 spiro atoms. The molecule has 1 aromatic carbocycles. The Balaban J connectivity index is 2.37. The van der Waals surface area contributed by atoms with Gasteiger partial charge in [0.15, 0.2) is 0 Å². The van der Waals surface area contributed by atoms with Crippen LogP contribution in [0.2, 0.25) is 5.02 Å². The van der Waals surface area contributed by atoms with Crippen molar-refractivity contribution in [1.29, 1.82) is 0 Å². The summed E-state index contributed by atoms with van der Waals surface area (Å²) in [7, 11) is 0. The van der Waals surface area contributed by atoms with Gasteiger partial charge in [-0.1, -0.05) is 11.6 Å². The summed E-state index contributed by atoms with van der Waals surface area (Å²) in [5.74, 6) is -0.224. The summed E-state index contributed by atoms with van der Waals surface area (Å²) >= 11 is 6.04. The molecule has 0 N–H and O–H groups in total. The van der Waals surface area contributed by atoms with Crippen molar-refractivity contribution < 1.29 is 9.72 Å². The van der Waals surface area contributed by atoms with E-state index in [9.17, 15) is 14.9 Å². The second-order valence-electron chi connectivity index (χ2n) is 5.26. The van der Waals surface area contributed by atoms with Crippen LogP contribution in [0.4, 0.5) is 5.69 Å². The Morgan fingerprint density at radius 3 is 2.50 bits per heavy atom. The van der Waals surface area contributed by atoms with Gasteiger partial charge in [0.1, 0.15) is 0 Å². The first-order valence-electron chi connectivity index (χ1n) is 6.68. The van der Waals surface area contributed by atoms with Crippen molar-refractivity contribution in [2.45, 2.75) is 45.2 Å². The zero-order chi connectivity index (χ0) is 14.9. The highest BCUT2D eigenvalue weighted by atomic mass is 35.5. The Bertz CT molecular complexity index is 537. The molecular weight excluding hydrogens is 280 g/mol. The molecule has 0 unspecified atom stereocenters. The number of nitro groups is 1. The summed E-state index contributed by atoms with van der Waals surface area (Å²) in [5, 5.41) is 11.1. The van der Waals surface area contributed by atoms with Crippen LogP contribution < -0.4 is 0 Å². The fourth-order valence-corrected chi connectivity index (χ4v) is 2.95. The number of carbonyl (C=O) groups is 1. The van der Waals surface area contributed by atoms with Gasteiger partial charge in [0, 0.05) is 24.2 Å². The van der Waals surface area contributed by atoms with Gasteiger partial charge in [-0.25, -0.2) is 0 Å². The fraction of sp³-hybridized carbons (Fsp3) is 0.500. The largest absolute Gasteiger partial charge is 0.333 e. The maximum Gasteiger partial charge on any atom is 0.270 e. The van der Waals surface area contributed by atoms with E-state index < -0.39 is 4.92 Å². The molecule has 1 aromatic rings. The highest BCUT2D eigenvalue weighted by Gasteiger charge is 2.31. The zero-order valence-electron chi connectivity index (χ0n) is 11.5. The van der Waals surface area contributed by atoms with E-state index in [0.29, 0.717) is 0 Å². The van der Waals surface area contributed by atoms with E-state index in [1.54, 1.807) is 4.90 Å². The first-order chi connectivity index (χ1) is 9.41. The predicted octanol–water partition coefficient (Wildman–Crippen LogP) is 3.65. The highest BCUT2D eigenvalue weighted by Crippen LogP contribution is 2.29. The van der Waals surface area contributed by atoms with E-state index in [4.69, 9.17) is 11.6 Å². The van der Waals surface area contributed by atoms with Crippen molar-refractivity contribution in [1.82, 2.24) is 4.90 Å². The third-order valence-electron chi connectivity index (χ3n) is 3.82. The van der Waals surface area contributed by atoms with E-state index in [1.807, 2.05) is 13.8 Å². The van der Waals surface area contributed by atoms with Gasteiger partial charge in [-0.2, -0.15) is 0 Å². The molecule has 1 heterocycles. The first kappa shape index (κ1) is 14.8. The molecule has 0 bridgehead atoms. The average molecular weight is 297 g/mol. The molecule has 5 nitrogen and oxygen atoms in total. The monoisotopic (exact) mass is 296 g/mol. The molecule has 1 amide bonds. The van der Waals surface area contributed by atoms with Crippen molar-refractivity contribution in [2.75, 3.05) is 0 Å². The molecular formula is C14H17ClN2O3. The quantitative estimate of drug-likeness (QED) is 0.618. The number of rotatable bonds is 2. The van der Waals surface area contributed by atoms with Gasteiger partial charge in [-0.05, 0) is 39.2 Å². The molecule has 0 saturated carbocycles. The lowest BCUT2D eigenvalue weighted by atomic mass is 9.96. The maximum absolute atomic E-state index is 12.6. The minimum Gasteiger partial charge on any atom is -0.333 e. The van der Waals surface area contributed by atoms with Gasteiger partial charge in [-0.15, -0.1) is 0 Å². The predicted molar refractivity (Wildman–Crippen MR) is 77.1 cm³/mol. The van der Waals surface area contributed by atoms with Crippen LogP contribution in [0.3, 0.4) is 0 Å². The molecule has 2 rings (SSSR count). The molecule has 6 heteroatoms. The van der Waals surface area contributed by atoms with Crippen LogP contribution in [0.5, 0.6) is 0 Å². The molecule has 1 aliphatic heterocycles. The summed E-state index contributed by atoms with van der Waals surface area (Å²) in [6.45, 7) is 4.00. The van der Waals surface area contributed by atoms with E-state index in [1.165, 1.54) is 18.2 Å². The number of benzene rings is 1. The average Bonchev–Trinajstić information content (AvgIpc) is 2.38. The minimum absolute atomic E-state index is 0.116. The number of amides is 1. The lowest BCUT2D eigenvalue weighted by molar-refractivity contribution is -0.384. The number of non-ortho nitro benzene ring substituents is 1. The Morgan fingerprint density at radius 2 is 1.95 bits per heavy atom. The zero-order valence-corrected chi connectivity index (χ0v) is 12.3. The van der Waals surface area contributed by atoms with Crippen LogP contribution in [0.25, 0.3) is 0 Å². The Kier molecular flexibility index (Phi) is 4.28. The molecule has 0 radical (unpaired) electrons. The van der Waals surface area contributed by atoms with Gasteiger partial charge < -0.3 is 4.90 Å². The summed E-state index contributed by atoms with van der Waals surface area (Å²) in [6, 6.07) is 4.23. The molecule has 1 aliphatic rings. The number of piperidine rings is 1. The van der Waals surface area contributed by atoms with Crippen molar-refractivity contribution in [3.63, 3.8) is 0 Å². The third-order valence-corrected chi connectivity index (χ3v) is 4.15. The Labute approximate surface area is 122 Å². The summed E-state index contributed by atoms with van der Waals surface area (Å²) in [6.07, 6.45) is 2.99. The number of likely N-dealkylation sites (tertiary alicyclic amines) is 1. The third kappa shape index (κ3) is 2.77. The fourth-order valence-electron chi connectivity index (χ4n) is 2.75. The molecule has 108 valence electrons. The van der Waals surface area contributed by atoms with Crippen molar-refractivity contribution >= 4 is 23.2 Å². The van der Waals surface area contributed by atoms with E-state index in [2.05, 4.69) is 0 Å². The maximum atomic E-state index is 12.6. The van der Waals surface area contributed by atoms with Crippen molar-refractivity contribution in [3.8, 4) is 0 Å². The smallest absolute Gasteiger partial charge is 0.270 e. The number of halogens is 1. The van der Waals surface area contributed by atoms with Gasteiger partial charge in [0.25, 0.3) is 11.6 Å². The number of nitrogens with zero attached hydrogens (tertiary/aromatic N) is 2. The summed E-state index contributed by atoms with van der Waals surface area (Å²) in [5.41, 5.74) is 0.0940. The van der Waals surface area contributed by atoms with Crippen LogP contribution in [0.15, 0.2) is 18.2 Å². The number of nitro benzene ring substituents is 1. The number of hydrogen-bond donors (Lipinski definition) is 0. The summed E-state index contributed by atoms with van der Waals surface area (Å²) in [4.78, 5) is 24.7. The van der Waals surface area contributed by atoms with Crippen molar-refractivity contribution in [3.05, 3.63) is 38.9 Å². The summed E-state index contributed by atoms with van der Waals surface area (Å²) < 4.78 is 0. The second-order valence-corrected chi connectivity index (χ2v) is 5.67. The van der Waals surface area contributed by atoms with Gasteiger partial charge in [0.05, 0.1) is 15.5 Å². The van der Waals surface area contributed by atoms with E-state index in [0.717, 1.165) is 19.3 Å². The first-order valence-corrected chi connectivity index (χ1v) is 7.06. The Morgan fingerprint density at radius 1 is 1.35 bits per heavy atom. The molecule has 1 saturated heterocycles. The number of carbonyl (C=O) groups excluding carboxylic acids is 1. The Hall–Kier alpha value is -1.62. The second kappa shape index (κ2) is 5.79. The van der Waals surface area contributed by atoms with Crippen LogP contribution in [0, 0.1) is 10.1 Å². The molecule has 0 aromatic heterocycles. The topological polar surface area (TPSA) is 63.5 Å². The van der Waals surface area contributed by atoms with Crippen molar-refractivity contribution in [2.24, 2.45) is 0 Å². The number of hydrogen-bond acceptors (Lipinski definition) is 3. The van der Waals surface area contributed by atoms with E-state index >= 15 is 0 Å². The minimum atomic E-state index is -0.518. The molecule has 2 atom stereocenters. The normalized spacial score (nSPS) is 22.6. The van der Waals surface area contributed by atoms with Gasteiger partial charge >= 0.3 is 0 Å². The van der Waals surface area contributed by atoms with Gasteiger partial charge in [-0.3, -0.25) is 14.9 Å². The van der Waals surface area contributed by atoms with Crippen LogP contribution >= 0.6 is 11.6 Å². The molecule has 1 fully saturated rings. The molecule has 0 aliphatic carbocycles. The SMILES string of the molecule is C[C@@H]1CCC[C@H](C)N1C(=O)c1cc([N+](=O)[O-])ccc1Cl. The highest BCUT2D eigenvalue weighted by molar-refractivity contribution is 6.34. The van der Waals surface area contributed by atoms with Crippen LogP contribution in [0.1, 0.15) is 43.5 Å². The van der Waals surface area contributed by atoms with Crippen LogP contribution in [-0.4, -0.2) is 27.8 Å². The van der Waals surface area contributed by atoms with E-state index in [-0.39, 0.29) is 34.3 Å². The van der Waals surface area contributed by atoms with Gasteiger partial charge in [0.2, 0.25) is 0 Å². The van der Waals surface area contributed by atoms with Crippen LogP contribution in [-0.2, 0) is 0 Å². The lowest BCUT2D eigenvalue weighted by Crippen LogP contribution is -2.47. The standard InChI is InChI=1S/C14H17ClN2O3/c1-9-4-3-5-10(2)16(9)14(18)12-8-11(17(19)20)6-7-13(12)15/h6-10H,3-5H2,1-2H3/t9-,10+. The molecule has 20 heavy (non-hydrogen) atoms. The lowest BCUT2D eigenvalue weighted by Gasteiger charge is -2.39.